The number of thiophene rings is 1. The molecule has 9 nitrogen and oxygen atoms in total. The molecule has 0 radical (unpaired) electrons. The first-order valence-corrected chi connectivity index (χ1v) is 13.6. The first-order chi connectivity index (χ1) is 19.1. The minimum Gasteiger partial charge on any atom is -0.433 e. The second-order valence-corrected chi connectivity index (χ2v) is 11.0. The van der Waals surface area contributed by atoms with Gasteiger partial charge < -0.3 is 25.0 Å². The Hall–Kier alpha value is -2.94. The van der Waals surface area contributed by atoms with E-state index in [0.29, 0.717) is 4.34 Å². The van der Waals surface area contributed by atoms with E-state index in [-0.39, 0.29) is 60.9 Å². The number of hydrogen-bond donors (Lipinski definition) is 2. The van der Waals surface area contributed by atoms with Gasteiger partial charge in [0.2, 0.25) is 5.91 Å². The van der Waals surface area contributed by atoms with E-state index in [9.17, 15) is 31.9 Å². The van der Waals surface area contributed by atoms with Gasteiger partial charge >= 0.3 is 6.61 Å². The van der Waals surface area contributed by atoms with Crippen molar-refractivity contribution in [3.8, 4) is 5.75 Å². The van der Waals surface area contributed by atoms with Gasteiger partial charge in [-0.15, -0.1) is 11.3 Å². The second kappa shape index (κ2) is 13.6. The Labute approximate surface area is 236 Å². The monoisotopic (exact) mass is 606 g/mol. The Morgan fingerprint density at radius 1 is 1.20 bits per heavy atom. The number of carbonyl (C=O) groups is 3. The maximum Gasteiger partial charge on any atom is 0.387 e. The van der Waals surface area contributed by atoms with Gasteiger partial charge in [0, 0.05) is 31.4 Å². The summed E-state index contributed by atoms with van der Waals surface area (Å²) in [7, 11) is 0. The van der Waals surface area contributed by atoms with Crippen LogP contribution in [0, 0.1) is 5.92 Å². The summed E-state index contributed by atoms with van der Waals surface area (Å²) in [6.45, 7) is -3.83. The summed E-state index contributed by atoms with van der Waals surface area (Å²) in [5.74, 6) is -2.02. The fraction of sp³-hybridized carbons (Fsp3) is 0.480. The van der Waals surface area contributed by atoms with Gasteiger partial charge in [0.1, 0.15) is 12.6 Å². The zero-order valence-corrected chi connectivity index (χ0v) is 22.7. The SMILES string of the molecule is O=C(NC[C@H](C(=O)Nc1ccc(N2CCOCC2=O)cc1OC(F)F)N(CC(F)F)CC1CC1)c1ccc(Cl)s1. The molecule has 2 aliphatic rings. The molecule has 4 rings (SSSR count). The van der Waals surface area contributed by atoms with E-state index < -0.39 is 43.2 Å². The van der Waals surface area contributed by atoms with Crippen LogP contribution in [0.5, 0.6) is 5.75 Å². The fourth-order valence-corrected chi connectivity index (χ4v) is 5.18. The van der Waals surface area contributed by atoms with Crippen molar-refractivity contribution >= 4 is 52.0 Å². The molecule has 1 saturated carbocycles. The smallest absolute Gasteiger partial charge is 0.387 e. The lowest BCUT2D eigenvalue weighted by Gasteiger charge is -2.31. The van der Waals surface area contributed by atoms with Crippen LogP contribution < -0.4 is 20.3 Å². The quantitative estimate of drug-likeness (QED) is 0.334. The summed E-state index contributed by atoms with van der Waals surface area (Å²) in [5.41, 5.74) is 0.105. The topological polar surface area (TPSA) is 100 Å². The third-order valence-electron chi connectivity index (χ3n) is 6.30. The third kappa shape index (κ3) is 8.29. The summed E-state index contributed by atoms with van der Waals surface area (Å²) in [6, 6.07) is 5.68. The average molecular weight is 607 g/mol. The molecule has 1 aliphatic heterocycles. The number of rotatable bonds is 13. The van der Waals surface area contributed by atoms with Crippen LogP contribution in [0.4, 0.5) is 28.9 Å². The highest BCUT2D eigenvalue weighted by Crippen LogP contribution is 2.33. The van der Waals surface area contributed by atoms with Gasteiger partial charge in [0.15, 0.2) is 5.75 Å². The summed E-state index contributed by atoms with van der Waals surface area (Å²) in [4.78, 5) is 41.2. The maximum absolute atomic E-state index is 13.5. The molecule has 1 saturated heterocycles. The number of ether oxygens (including phenoxy) is 2. The molecule has 0 spiro atoms. The van der Waals surface area contributed by atoms with Gasteiger partial charge in [-0.2, -0.15) is 8.78 Å². The number of carbonyl (C=O) groups excluding carboxylic acids is 3. The van der Waals surface area contributed by atoms with Crippen molar-refractivity contribution in [3.05, 3.63) is 39.5 Å². The minimum absolute atomic E-state index is 0.129. The highest BCUT2D eigenvalue weighted by atomic mass is 35.5. The fourth-order valence-electron chi connectivity index (χ4n) is 4.22. The number of amides is 3. The van der Waals surface area contributed by atoms with E-state index in [1.54, 1.807) is 0 Å². The molecular weight excluding hydrogens is 580 g/mol. The molecule has 1 atom stereocenters. The molecule has 2 fully saturated rings. The Kier molecular flexibility index (Phi) is 10.2. The van der Waals surface area contributed by atoms with Crippen LogP contribution in [-0.4, -0.2) is 81.1 Å². The second-order valence-electron chi connectivity index (χ2n) is 9.26. The summed E-state index contributed by atoms with van der Waals surface area (Å²) < 4.78 is 63.6. The molecule has 1 aromatic carbocycles. The highest BCUT2D eigenvalue weighted by Gasteiger charge is 2.34. The van der Waals surface area contributed by atoms with Crippen LogP contribution in [0.15, 0.2) is 30.3 Å². The van der Waals surface area contributed by atoms with Crippen molar-refractivity contribution in [2.45, 2.75) is 31.9 Å². The van der Waals surface area contributed by atoms with Crippen molar-refractivity contribution in [3.63, 3.8) is 0 Å². The van der Waals surface area contributed by atoms with Gasteiger partial charge in [-0.25, -0.2) is 8.78 Å². The Morgan fingerprint density at radius 2 is 1.98 bits per heavy atom. The largest absolute Gasteiger partial charge is 0.433 e. The normalized spacial score (nSPS) is 16.5. The predicted molar refractivity (Wildman–Crippen MR) is 141 cm³/mol. The standard InChI is InChI=1S/C25H27ClF4N4O5S/c26-20-6-5-19(40-20)24(37)31-10-17(33(12-21(27)28)11-14-1-2-14)23(36)32-16-4-3-15(9-18(16)39-25(29)30)34-7-8-38-13-22(34)35/h3-6,9,14,17,21,25H,1-2,7-8,10-13H2,(H,31,37)(H,32,36)/t17-/m1/s1. The lowest BCUT2D eigenvalue weighted by Crippen LogP contribution is -2.52. The molecule has 1 aliphatic carbocycles. The number of nitrogens with zero attached hydrogens (tertiary/aromatic N) is 2. The summed E-state index contributed by atoms with van der Waals surface area (Å²) in [5, 5.41) is 5.08. The maximum atomic E-state index is 13.5. The molecule has 0 bridgehead atoms. The zero-order chi connectivity index (χ0) is 28.8. The van der Waals surface area contributed by atoms with E-state index in [2.05, 4.69) is 15.4 Å². The number of halogens is 5. The van der Waals surface area contributed by atoms with Crippen LogP contribution in [0.25, 0.3) is 0 Å². The van der Waals surface area contributed by atoms with Crippen molar-refractivity contribution in [1.29, 1.82) is 0 Å². The molecule has 2 N–H and O–H groups in total. The van der Waals surface area contributed by atoms with Crippen molar-refractivity contribution in [2.24, 2.45) is 5.92 Å². The molecule has 3 amide bonds. The molecule has 2 aromatic rings. The van der Waals surface area contributed by atoms with Crippen molar-refractivity contribution in [1.82, 2.24) is 10.2 Å². The van der Waals surface area contributed by atoms with Crippen molar-refractivity contribution in [2.75, 3.05) is 49.6 Å². The molecule has 1 aromatic heterocycles. The van der Waals surface area contributed by atoms with E-state index >= 15 is 0 Å². The third-order valence-corrected chi connectivity index (χ3v) is 7.53. The van der Waals surface area contributed by atoms with Crippen LogP contribution in [0.3, 0.4) is 0 Å². The van der Waals surface area contributed by atoms with E-state index in [0.717, 1.165) is 24.2 Å². The van der Waals surface area contributed by atoms with Crippen LogP contribution in [-0.2, 0) is 14.3 Å². The number of alkyl halides is 4. The molecule has 218 valence electrons. The number of nitrogens with one attached hydrogen (secondary N) is 2. The van der Waals surface area contributed by atoms with Crippen LogP contribution in [0.2, 0.25) is 4.34 Å². The van der Waals surface area contributed by atoms with E-state index in [1.807, 2.05) is 0 Å². The zero-order valence-electron chi connectivity index (χ0n) is 21.1. The van der Waals surface area contributed by atoms with Gasteiger partial charge in [0.05, 0.1) is 28.1 Å². The highest BCUT2D eigenvalue weighted by molar-refractivity contribution is 7.18. The van der Waals surface area contributed by atoms with Crippen LogP contribution >= 0.6 is 22.9 Å². The van der Waals surface area contributed by atoms with Gasteiger partial charge in [-0.1, -0.05) is 11.6 Å². The van der Waals surface area contributed by atoms with Gasteiger partial charge in [-0.3, -0.25) is 19.3 Å². The summed E-state index contributed by atoms with van der Waals surface area (Å²) in [6.07, 6.45) is -1.12. The Bertz CT molecular complexity index is 1210. The number of hydrogen-bond acceptors (Lipinski definition) is 7. The van der Waals surface area contributed by atoms with Crippen molar-refractivity contribution < 1.29 is 41.4 Å². The lowest BCUT2D eigenvalue weighted by atomic mass is 10.1. The number of anilines is 2. The van der Waals surface area contributed by atoms with E-state index in [1.165, 1.54) is 40.1 Å². The van der Waals surface area contributed by atoms with E-state index in [4.69, 9.17) is 16.3 Å². The molecule has 2 heterocycles. The van der Waals surface area contributed by atoms with Gasteiger partial charge in [-0.05, 0) is 43.0 Å². The lowest BCUT2D eigenvalue weighted by molar-refractivity contribution is -0.125. The molecular formula is C25H27ClF4N4O5S. The average Bonchev–Trinajstić information content (AvgIpc) is 3.60. The minimum atomic E-state index is -3.25. The van der Waals surface area contributed by atoms with Gasteiger partial charge in [0.25, 0.3) is 18.2 Å². The molecule has 40 heavy (non-hydrogen) atoms. The Balaban J connectivity index is 1.57. The first kappa shape index (κ1) is 30.0. The molecule has 0 unspecified atom stereocenters. The predicted octanol–water partition coefficient (Wildman–Crippen LogP) is 4.08. The summed E-state index contributed by atoms with van der Waals surface area (Å²) >= 11 is 6.90. The number of benzene rings is 1. The number of morpholine rings is 1. The van der Waals surface area contributed by atoms with Crippen LogP contribution in [0.1, 0.15) is 22.5 Å². The first-order valence-electron chi connectivity index (χ1n) is 12.4. The Morgan fingerprint density at radius 3 is 2.60 bits per heavy atom. The molecule has 15 heteroatoms.